The molecule has 1 amide bonds. The molecule has 5 heteroatoms. The van der Waals surface area contributed by atoms with Crippen LogP contribution in [0.1, 0.15) is 46.2 Å². The minimum absolute atomic E-state index is 0.159. The smallest absolute Gasteiger partial charge is 0.251 e. The molecule has 2 aromatic heterocycles. The van der Waals surface area contributed by atoms with Gasteiger partial charge in [-0.05, 0) is 58.0 Å². The molecule has 1 aromatic carbocycles. The molecule has 0 aliphatic carbocycles. The Morgan fingerprint density at radius 3 is 2.39 bits per heavy atom. The Morgan fingerprint density at radius 2 is 1.74 bits per heavy atom. The molecule has 23 heavy (non-hydrogen) atoms. The molecule has 2 heterocycles. The van der Waals surface area contributed by atoms with Crippen LogP contribution >= 0.6 is 0 Å². The van der Waals surface area contributed by atoms with Crippen molar-refractivity contribution in [2.45, 2.75) is 33.7 Å². The Balaban J connectivity index is 1.84. The number of fused-ring (bicyclic) bond motifs is 1. The number of carbonyl (C=O) groups excluding carboxylic acids is 1. The van der Waals surface area contributed by atoms with Gasteiger partial charge in [0.15, 0.2) is 0 Å². The highest BCUT2D eigenvalue weighted by atomic mass is 16.3. The maximum atomic E-state index is 12.4. The van der Waals surface area contributed by atoms with E-state index in [-0.39, 0.29) is 11.9 Å². The van der Waals surface area contributed by atoms with E-state index >= 15 is 0 Å². The molecule has 5 nitrogen and oxygen atoms in total. The predicted molar refractivity (Wildman–Crippen MR) is 88.3 cm³/mol. The van der Waals surface area contributed by atoms with E-state index in [2.05, 4.69) is 15.3 Å². The Morgan fingerprint density at radius 1 is 1.04 bits per heavy atom. The topological polar surface area (TPSA) is 68.0 Å². The van der Waals surface area contributed by atoms with Gasteiger partial charge >= 0.3 is 0 Å². The van der Waals surface area contributed by atoms with Crippen LogP contribution in [-0.4, -0.2) is 15.9 Å². The number of hydrogen-bond acceptors (Lipinski definition) is 4. The van der Waals surface area contributed by atoms with Crippen LogP contribution in [0, 0.1) is 20.8 Å². The van der Waals surface area contributed by atoms with Gasteiger partial charge in [-0.2, -0.15) is 0 Å². The molecular weight excluding hydrogens is 290 g/mol. The number of furan rings is 1. The normalized spacial score (nSPS) is 12.3. The molecule has 3 rings (SSSR count). The standard InChI is InChI=1S/C18H19N3O2/c1-10-5-8-17(23-10)13(4)21-18(22)14-6-7-15-16(9-14)20-12(3)11(2)19-15/h5-9,13H,1-4H3,(H,21,22)/t13-/m1/s1. The Labute approximate surface area is 134 Å². The summed E-state index contributed by atoms with van der Waals surface area (Å²) in [6.07, 6.45) is 0. The molecule has 1 N–H and O–H groups in total. The van der Waals surface area contributed by atoms with E-state index in [1.54, 1.807) is 12.1 Å². The first-order chi connectivity index (χ1) is 10.9. The molecule has 1 atom stereocenters. The lowest BCUT2D eigenvalue weighted by molar-refractivity contribution is 0.0935. The summed E-state index contributed by atoms with van der Waals surface area (Å²) >= 11 is 0. The van der Waals surface area contributed by atoms with Crippen molar-refractivity contribution in [1.82, 2.24) is 15.3 Å². The monoisotopic (exact) mass is 309 g/mol. The van der Waals surface area contributed by atoms with Crippen LogP contribution < -0.4 is 5.32 Å². The first kappa shape index (κ1) is 15.2. The Kier molecular flexibility index (Phi) is 3.86. The fourth-order valence-electron chi connectivity index (χ4n) is 2.41. The van der Waals surface area contributed by atoms with Gasteiger partial charge in [0.25, 0.3) is 5.91 Å². The minimum Gasteiger partial charge on any atom is -0.464 e. The van der Waals surface area contributed by atoms with Gasteiger partial charge in [0.05, 0.1) is 28.5 Å². The Hall–Kier alpha value is -2.69. The second-order valence-electron chi connectivity index (χ2n) is 5.74. The maximum Gasteiger partial charge on any atom is 0.251 e. The summed E-state index contributed by atoms with van der Waals surface area (Å²) in [5, 5.41) is 2.94. The summed E-state index contributed by atoms with van der Waals surface area (Å²) in [6, 6.07) is 8.92. The fourth-order valence-corrected chi connectivity index (χ4v) is 2.41. The summed E-state index contributed by atoms with van der Waals surface area (Å²) in [7, 11) is 0. The highest BCUT2D eigenvalue weighted by Gasteiger charge is 2.15. The van der Waals surface area contributed by atoms with Crippen molar-refractivity contribution in [1.29, 1.82) is 0 Å². The van der Waals surface area contributed by atoms with Gasteiger partial charge in [0, 0.05) is 5.56 Å². The van der Waals surface area contributed by atoms with E-state index in [1.165, 1.54) is 0 Å². The number of aryl methyl sites for hydroxylation is 3. The molecule has 0 fully saturated rings. The van der Waals surface area contributed by atoms with Crippen LogP contribution in [-0.2, 0) is 0 Å². The first-order valence-electron chi connectivity index (χ1n) is 7.56. The van der Waals surface area contributed by atoms with Gasteiger partial charge in [-0.25, -0.2) is 9.97 Å². The predicted octanol–water partition coefficient (Wildman–Crippen LogP) is 3.64. The number of benzene rings is 1. The number of nitrogens with one attached hydrogen (secondary N) is 1. The van der Waals surface area contributed by atoms with Crippen LogP contribution in [0.4, 0.5) is 0 Å². The van der Waals surface area contributed by atoms with Crippen LogP contribution in [0.3, 0.4) is 0 Å². The van der Waals surface area contributed by atoms with E-state index < -0.39 is 0 Å². The van der Waals surface area contributed by atoms with Gasteiger partial charge in [0.1, 0.15) is 11.5 Å². The van der Waals surface area contributed by atoms with E-state index in [0.717, 1.165) is 33.9 Å². The van der Waals surface area contributed by atoms with Gasteiger partial charge in [0.2, 0.25) is 0 Å². The molecule has 0 aliphatic rings. The summed E-state index contributed by atoms with van der Waals surface area (Å²) < 4.78 is 5.54. The number of aromatic nitrogens is 2. The second-order valence-corrected chi connectivity index (χ2v) is 5.74. The van der Waals surface area contributed by atoms with E-state index in [9.17, 15) is 4.79 Å². The maximum absolute atomic E-state index is 12.4. The third-order valence-electron chi connectivity index (χ3n) is 3.87. The summed E-state index contributed by atoms with van der Waals surface area (Å²) in [4.78, 5) is 21.4. The number of carbonyl (C=O) groups is 1. The lowest BCUT2D eigenvalue weighted by atomic mass is 10.1. The lowest BCUT2D eigenvalue weighted by Crippen LogP contribution is -2.26. The van der Waals surface area contributed by atoms with E-state index in [4.69, 9.17) is 4.42 Å². The summed E-state index contributed by atoms with van der Waals surface area (Å²) in [5.41, 5.74) is 3.85. The molecule has 0 radical (unpaired) electrons. The zero-order valence-electron chi connectivity index (χ0n) is 13.7. The molecule has 0 bridgehead atoms. The lowest BCUT2D eigenvalue weighted by Gasteiger charge is -2.12. The highest BCUT2D eigenvalue weighted by Crippen LogP contribution is 2.18. The SMILES string of the molecule is Cc1ccc([C@@H](C)NC(=O)c2ccc3nc(C)c(C)nc3c2)o1. The first-order valence-corrected chi connectivity index (χ1v) is 7.56. The third-order valence-corrected chi connectivity index (χ3v) is 3.87. The van der Waals surface area contributed by atoms with Crippen LogP contribution in [0.5, 0.6) is 0 Å². The zero-order valence-corrected chi connectivity index (χ0v) is 13.7. The molecule has 0 saturated heterocycles. The number of rotatable bonds is 3. The van der Waals surface area contributed by atoms with Crippen molar-refractivity contribution >= 4 is 16.9 Å². The van der Waals surface area contributed by atoms with Crippen molar-refractivity contribution in [3.05, 3.63) is 58.8 Å². The summed E-state index contributed by atoms with van der Waals surface area (Å²) in [5.74, 6) is 1.41. The fraction of sp³-hybridized carbons (Fsp3) is 0.278. The van der Waals surface area contributed by atoms with Crippen molar-refractivity contribution < 1.29 is 9.21 Å². The molecule has 3 aromatic rings. The van der Waals surface area contributed by atoms with Crippen molar-refractivity contribution in [2.24, 2.45) is 0 Å². The molecule has 0 saturated carbocycles. The third kappa shape index (κ3) is 3.08. The van der Waals surface area contributed by atoms with Crippen LogP contribution in [0.2, 0.25) is 0 Å². The molecule has 118 valence electrons. The summed E-state index contributed by atoms with van der Waals surface area (Å²) in [6.45, 7) is 7.61. The largest absolute Gasteiger partial charge is 0.464 e. The molecular formula is C18H19N3O2. The quantitative estimate of drug-likeness (QED) is 0.802. The van der Waals surface area contributed by atoms with Crippen LogP contribution in [0.15, 0.2) is 34.7 Å². The van der Waals surface area contributed by atoms with E-state index in [0.29, 0.717) is 5.56 Å². The minimum atomic E-state index is -0.197. The van der Waals surface area contributed by atoms with Crippen LogP contribution in [0.25, 0.3) is 11.0 Å². The van der Waals surface area contributed by atoms with Gasteiger partial charge in [-0.15, -0.1) is 0 Å². The van der Waals surface area contributed by atoms with Gasteiger partial charge in [-0.1, -0.05) is 0 Å². The van der Waals surface area contributed by atoms with Gasteiger partial charge in [-0.3, -0.25) is 4.79 Å². The van der Waals surface area contributed by atoms with Crippen molar-refractivity contribution in [3.8, 4) is 0 Å². The van der Waals surface area contributed by atoms with Crippen molar-refractivity contribution in [3.63, 3.8) is 0 Å². The molecule has 0 unspecified atom stereocenters. The van der Waals surface area contributed by atoms with Gasteiger partial charge < -0.3 is 9.73 Å². The highest BCUT2D eigenvalue weighted by molar-refractivity contribution is 5.97. The average molecular weight is 309 g/mol. The molecule has 0 spiro atoms. The average Bonchev–Trinajstić information content (AvgIpc) is 2.94. The zero-order chi connectivity index (χ0) is 16.6. The number of hydrogen-bond donors (Lipinski definition) is 1. The second kappa shape index (κ2) is 5.83. The van der Waals surface area contributed by atoms with E-state index in [1.807, 2.05) is 45.9 Å². The Bertz CT molecular complexity index is 883. The van der Waals surface area contributed by atoms with Crippen molar-refractivity contribution in [2.75, 3.05) is 0 Å². The number of nitrogens with zero attached hydrogens (tertiary/aromatic N) is 2. The molecule has 0 aliphatic heterocycles. The number of amides is 1.